The summed E-state index contributed by atoms with van der Waals surface area (Å²) in [5.41, 5.74) is 0. The Balaban J connectivity index is 2.49. The van der Waals surface area contributed by atoms with Crippen molar-refractivity contribution in [1.82, 2.24) is 0 Å². The van der Waals surface area contributed by atoms with Crippen LogP contribution in [0.4, 0.5) is 0 Å². The molecule has 1 aliphatic rings. The van der Waals surface area contributed by atoms with E-state index in [1.165, 1.54) is 0 Å². The molecule has 0 saturated heterocycles. The first-order chi connectivity index (χ1) is 3.39. The zero-order valence-electron chi connectivity index (χ0n) is 3.84. The van der Waals surface area contributed by atoms with Gasteiger partial charge in [-0.2, -0.15) is 0 Å². The topological polar surface area (TPSA) is 12.4 Å². The van der Waals surface area contributed by atoms with Crippen molar-refractivity contribution in [3.63, 3.8) is 0 Å². The molecule has 0 saturated carbocycles. The number of hydrogen-bond donors (Lipinski definition) is 0. The molecule has 0 N–H and O–H groups in total. The number of aliphatic imine (C=N–C) groups is 1. The van der Waals surface area contributed by atoms with E-state index < -0.39 is 0 Å². The standard InChI is InChI=1S/C5H6BrN/c6-5-2-1-3-7-4-5/h1-3,5H,4H2/t5-/m1/s1. The zero-order valence-corrected chi connectivity index (χ0v) is 5.43. The number of dihydropyridines is 1. The molecular formula is C5H6BrN. The molecule has 7 heavy (non-hydrogen) atoms. The maximum absolute atomic E-state index is 4.00. The average Bonchev–Trinajstić information content (AvgIpc) is 1.69. The van der Waals surface area contributed by atoms with E-state index in [0.717, 1.165) is 6.54 Å². The van der Waals surface area contributed by atoms with Gasteiger partial charge in [0, 0.05) is 6.21 Å². The third kappa shape index (κ3) is 1.43. The summed E-state index contributed by atoms with van der Waals surface area (Å²) < 4.78 is 0. The molecule has 1 rings (SSSR count). The summed E-state index contributed by atoms with van der Waals surface area (Å²) in [6, 6.07) is 0. The number of nitrogens with zero attached hydrogens (tertiary/aromatic N) is 1. The van der Waals surface area contributed by atoms with Gasteiger partial charge in [0.2, 0.25) is 0 Å². The van der Waals surface area contributed by atoms with Crippen LogP contribution in [0.3, 0.4) is 0 Å². The van der Waals surface area contributed by atoms with Crippen LogP contribution >= 0.6 is 15.9 Å². The summed E-state index contributed by atoms with van der Waals surface area (Å²) in [5, 5.41) is 0. The Morgan fingerprint density at radius 3 is 2.86 bits per heavy atom. The normalized spacial score (nSPS) is 28.4. The van der Waals surface area contributed by atoms with Crippen molar-refractivity contribution in [3.8, 4) is 0 Å². The molecule has 1 atom stereocenters. The van der Waals surface area contributed by atoms with E-state index in [1.807, 2.05) is 12.3 Å². The summed E-state index contributed by atoms with van der Waals surface area (Å²) >= 11 is 3.39. The van der Waals surface area contributed by atoms with Crippen molar-refractivity contribution in [2.75, 3.05) is 6.54 Å². The highest BCUT2D eigenvalue weighted by Crippen LogP contribution is 2.03. The number of allylic oxidation sites excluding steroid dienone is 1. The fourth-order valence-corrected chi connectivity index (χ4v) is 0.797. The Morgan fingerprint density at radius 2 is 2.57 bits per heavy atom. The smallest absolute Gasteiger partial charge is 0.0549 e. The average molecular weight is 160 g/mol. The quantitative estimate of drug-likeness (QED) is 0.475. The van der Waals surface area contributed by atoms with Crippen LogP contribution in [0.1, 0.15) is 0 Å². The van der Waals surface area contributed by atoms with Gasteiger partial charge in [0.05, 0.1) is 11.4 Å². The second kappa shape index (κ2) is 2.26. The van der Waals surface area contributed by atoms with Crippen LogP contribution in [0.2, 0.25) is 0 Å². The summed E-state index contributed by atoms with van der Waals surface area (Å²) in [5.74, 6) is 0. The molecular weight excluding hydrogens is 154 g/mol. The van der Waals surface area contributed by atoms with E-state index in [0.29, 0.717) is 4.83 Å². The van der Waals surface area contributed by atoms with Gasteiger partial charge in [-0.05, 0) is 6.08 Å². The number of alkyl halides is 1. The first-order valence-electron chi connectivity index (χ1n) is 2.20. The summed E-state index contributed by atoms with van der Waals surface area (Å²) in [4.78, 5) is 4.47. The monoisotopic (exact) mass is 159 g/mol. The lowest BCUT2D eigenvalue weighted by Gasteiger charge is -2.00. The van der Waals surface area contributed by atoms with Crippen LogP contribution in [-0.4, -0.2) is 17.6 Å². The van der Waals surface area contributed by atoms with Crippen LogP contribution < -0.4 is 0 Å². The lowest BCUT2D eigenvalue weighted by atomic mass is 10.3. The van der Waals surface area contributed by atoms with E-state index in [4.69, 9.17) is 0 Å². The third-order valence-electron chi connectivity index (χ3n) is 0.791. The van der Waals surface area contributed by atoms with Crippen LogP contribution in [0.15, 0.2) is 17.1 Å². The second-order valence-corrected chi connectivity index (χ2v) is 2.59. The molecule has 2 heteroatoms. The molecule has 0 unspecified atom stereocenters. The van der Waals surface area contributed by atoms with Crippen molar-refractivity contribution >= 4 is 22.1 Å². The van der Waals surface area contributed by atoms with Gasteiger partial charge < -0.3 is 0 Å². The van der Waals surface area contributed by atoms with Gasteiger partial charge >= 0.3 is 0 Å². The minimum absolute atomic E-state index is 0.470. The summed E-state index contributed by atoms with van der Waals surface area (Å²) in [6.45, 7) is 0.885. The SMILES string of the molecule is Br[C@@H]1C=CC=NC1. The number of hydrogen-bond acceptors (Lipinski definition) is 1. The maximum atomic E-state index is 4.00. The van der Waals surface area contributed by atoms with E-state index >= 15 is 0 Å². The van der Waals surface area contributed by atoms with Gasteiger partial charge in [-0.3, -0.25) is 4.99 Å². The minimum atomic E-state index is 0.470. The van der Waals surface area contributed by atoms with Crippen LogP contribution in [-0.2, 0) is 0 Å². The Kier molecular flexibility index (Phi) is 1.63. The van der Waals surface area contributed by atoms with E-state index in [1.54, 1.807) is 0 Å². The maximum Gasteiger partial charge on any atom is 0.0549 e. The lowest BCUT2D eigenvalue weighted by Crippen LogP contribution is -2.00. The molecule has 0 aromatic rings. The molecule has 0 radical (unpaired) electrons. The van der Waals surface area contributed by atoms with Gasteiger partial charge in [0.15, 0.2) is 0 Å². The highest BCUT2D eigenvalue weighted by molar-refractivity contribution is 9.09. The molecule has 1 aliphatic heterocycles. The fourth-order valence-electron chi connectivity index (χ4n) is 0.454. The third-order valence-corrected chi connectivity index (χ3v) is 1.39. The van der Waals surface area contributed by atoms with Gasteiger partial charge in [0.25, 0.3) is 0 Å². The highest BCUT2D eigenvalue weighted by Gasteiger charge is 1.96. The van der Waals surface area contributed by atoms with Gasteiger partial charge in [-0.15, -0.1) is 0 Å². The van der Waals surface area contributed by atoms with Crippen molar-refractivity contribution in [2.45, 2.75) is 4.83 Å². The minimum Gasteiger partial charge on any atom is -0.292 e. The zero-order chi connectivity index (χ0) is 5.11. The lowest BCUT2D eigenvalue weighted by molar-refractivity contribution is 1.03. The molecule has 0 aromatic carbocycles. The molecule has 0 aliphatic carbocycles. The molecule has 38 valence electrons. The first-order valence-corrected chi connectivity index (χ1v) is 3.12. The molecule has 0 spiro atoms. The first kappa shape index (κ1) is 5.04. The molecule has 0 aromatic heterocycles. The molecule has 1 nitrogen and oxygen atoms in total. The van der Waals surface area contributed by atoms with Gasteiger partial charge in [-0.1, -0.05) is 22.0 Å². The number of rotatable bonds is 0. The molecule has 1 heterocycles. The Morgan fingerprint density at radius 1 is 1.71 bits per heavy atom. The van der Waals surface area contributed by atoms with Crippen LogP contribution in [0, 0.1) is 0 Å². The Bertz CT molecular complexity index is 107. The van der Waals surface area contributed by atoms with Crippen LogP contribution in [0.25, 0.3) is 0 Å². The van der Waals surface area contributed by atoms with Crippen molar-refractivity contribution < 1.29 is 0 Å². The highest BCUT2D eigenvalue weighted by atomic mass is 79.9. The molecule has 0 bridgehead atoms. The molecule has 0 fully saturated rings. The van der Waals surface area contributed by atoms with Crippen molar-refractivity contribution in [3.05, 3.63) is 12.2 Å². The molecule has 0 amide bonds. The second-order valence-electron chi connectivity index (χ2n) is 1.42. The van der Waals surface area contributed by atoms with E-state index in [9.17, 15) is 0 Å². The largest absolute Gasteiger partial charge is 0.292 e. The van der Waals surface area contributed by atoms with E-state index in [-0.39, 0.29) is 0 Å². The van der Waals surface area contributed by atoms with Crippen molar-refractivity contribution in [1.29, 1.82) is 0 Å². The van der Waals surface area contributed by atoms with Gasteiger partial charge in [-0.25, -0.2) is 0 Å². The fraction of sp³-hybridized carbons (Fsp3) is 0.400. The Hall–Kier alpha value is -0.110. The number of halogens is 1. The van der Waals surface area contributed by atoms with Crippen molar-refractivity contribution in [2.24, 2.45) is 4.99 Å². The van der Waals surface area contributed by atoms with Gasteiger partial charge in [0.1, 0.15) is 0 Å². The predicted molar refractivity (Wildman–Crippen MR) is 35.2 cm³/mol. The summed E-state index contributed by atoms with van der Waals surface area (Å²) in [7, 11) is 0. The Labute approximate surface area is 51.3 Å². The van der Waals surface area contributed by atoms with Crippen LogP contribution in [0.5, 0.6) is 0 Å². The van der Waals surface area contributed by atoms with E-state index in [2.05, 4.69) is 27.0 Å². The summed E-state index contributed by atoms with van der Waals surface area (Å²) in [6.07, 6.45) is 5.84. The predicted octanol–water partition coefficient (Wildman–Crippen LogP) is 1.39.